The number of hydrogen-bond donors (Lipinski definition) is 3. The maximum Gasteiger partial charge on any atom is 0.242 e. The third kappa shape index (κ3) is 2.23. The minimum Gasteiger partial charge on any atom is -0.368 e. The second-order valence-corrected chi connectivity index (χ2v) is 4.41. The lowest BCUT2D eigenvalue weighted by molar-refractivity contribution is -0.134. The average molecular weight is 199 g/mol. The molecule has 0 aromatic rings. The SMILES string of the molecule is CC(C)(NC(=O)C1CC(N)C1)C(N)=O. The van der Waals surface area contributed by atoms with Crippen LogP contribution in [0.25, 0.3) is 0 Å². The largest absolute Gasteiger partial charge is 0.368 e. The Labute approximate surface area is 83.2 Å². The third-order valence-corrected chi connectivity index (χ3v) is 2.60. The van der Waals surface area contributed by atoms with Gasteiger partial charge in [0.1, 0.15) is 5.54 Å². The summed E-state index contributed by atoms with van der Waals surface area (Å²) in [5.41, 5.74) is 9.71. The summed E-state index contributed by atoms with van der Waals surface area (Å²) in [5, 5.41) is 2.61. The fourth-order valence-corrected chi connectivity index (χ4v) is 1.35. The van der Waals surface area contributed by atoms with Gasteiger partial charge in [0.2, 0.25) is 11.8 Å². The Bertz CT molecular complexity index is 257. The van der Waals surface area contributed by atoms with E-state index in [-0.39, 0.29) is 17.9 Å². The molecule has 2 amide bonds. The van der Waals surface area contributed by atoms with Gasteiger partial charge < -0.3 is 16.8 Å². The van der Waals surface area contributed by atoms with Crippen molar-refractivity contribution in [3.8, 4) is 0 Å². The summed E-state index contributed by atoms with van der Waals surface area (Å²) in [6.45, 7) is 3.18. The van der Waals surface area contributed by atoms with Crippen molar-refractivity contribution < 1.29 is 9.59 Å². The molecule has 0 bridgehead atoms. The molecule has 1 fully saturated rings. The van der Waals surface area contributed by atoms with Crippen LogP contribution < -0.4 is 16.8 Å². The van der Waals surface area contributed by atoms with E-state index in [1.54, 1.807) is 13.8 Å². The van der Waals surface area contributed by atoms with Crippen LogP contribution in [0.4, 0.5) is 0 Å². The Balaban J connectivity index is 2.45. The smallest absolute Gasteiger partial charge is 0.242 e. The van der Waals surface area contributed by atoms with Crippen molar-refractivity contribution in [1.82, 2.24) is 5.32 Å². The molecular formula is C9H17N3O2. The monoisotopic (exact) mass is 199 g/mol. The summed E-state index contributed by atoms with van der Waals surface area (Å²) in [6, 6.07) is 0.127. The fraction of sp³-hybridized carbons (Fsp3) is 0.778. The van der Waals surface area contributed by atoms with Gasteiger partial charge in [0.15, 0.2) is 0 Å². The van der Waals surface area contributed by atoms with Crippen LogP contribution in [0, 0.1) is 5.92 Å². The first-order chi connectivity index (χ1) is 6.33. The highest BCUT2D eigenvalue weighted by atomic mass is 16.2. The van der Waals surface area contributed by atoms with Crippen molar-refractivity contribution in [2.24, 2.45) is 17.4 Å². The summed E-state index contributed by atoms with van der Waals surface area (Å²) >= 11 is 0. The molecule has 0 saturated heterocycles. The molecule has 0 aromatic heterocycles. The lowest BCUT2D eigenvalue weighted by atomic mass is 9.80. The fourth-order valence-electron chi connectivity index (χ4n) is 1.35. The van der Waals surface area contributed by atoms with E-state index in [2.05, 4.69) is 5.32 Å². The zero-order chi connectivity index (χ0) is 10.9. The summed E-state index contributed by atoms with van der Waals surface area (Å²) in [6.07, 6.45) is 1.39. The Kier molecular flexibility index (Phi) is 2.80. The Morgan fingerprint density at radius 2 is 1.86 bits per heavy atom. The molecule has 5 heteroatoms. The minimum atomic E-state index is -0.975. The van der Waals surface area contributed by atoms with Crippen LogP contribution in [-0.2, 0) is 9.59 Å². The van der Waals surface area contributed by atoms with E-state index in [0.717, 1.165) is 0 Å². The highest BCUT2D eigenvalue weighted by Crippen LogP contribution is 2.26. The van der Waals surface area contributed by atoms with Gasteiger partial charge in [0, 0.05) is 12.0 Å². The van der Waals surface area contributed by atoms with Crippen LogP contribution in [0.3, 0.4) is 0 Å². The number of primary amides is 1. The maximum absolute atomic E-state index is 11.5. The Hall–Kier alpha value is -1.10. The number of nitrogens with two attached hydrogens (primary N) is 2. The van der Waals surface area contributed by atoms with Gasteiger partial charge in [-0.25, -0.2) is 0 Å². The van der Waals surface area contributed by atoms with Crippen LogP contribution in [0.15, 0.2) is 0 Å². The van der Waals surface area contributed by atoms with E-state index in [1.165, 1.54) is 0 Å². The Morgan fingerprint density at radius 1 is 1.36 bits per heavy atom. The molecule has 1 saturated carbocycles. The van der Waals surface area contributed by atoms with Gasteiger partial charge in [-0.3, -0.25) is 9.59 Å². The standard InChI is InChI=1S/C9H17N3O2/c1-9(2,8(11)14)12-7(13)5-3-6(10)4-5/h5-6H,3-4,10H2,1-2H3,(H2,11,14)(H,12,13). The van der Waals surface area contributed by atoms with Crippen molar-refractivity contribution in [1.29, 1.82) is 0 Å². The van der Waals surface area contributed by atoms with Crippen LogP contribution >= 0.6 is 0 Å². The zero-order valence-corrected chi connectivity index (χ0v) is 8.54. The number of carbonyl (C=O) groups excluding carboxylic acids is 2. The first kappa shape index (κ1) is 11.0. The molecule has 1 aliphatic rings. The molecule has 0 aromatic carbocycles. The molecule has 1 aliphatic carbocycles. The number of carbonyl (C=O) groups is 2. The summed E-state index contributed by atoms with van der Waals surface area (Å²) < 4.78 is 0. The Morgan fingerprint density at radius 3 is 2.21 bits per heavy atom. The third-order valence-electron chi connectivity index (χ3n) is 2.60. The van der Waals surface area contributed by atoms with E-state index < -0.39 is 11.4 Å². The molecule has 0 aliphatic heterocycles. The molecule has 5 N–H and O–H groups in total. The highest BCUT2D eigenvalue weighted by Gasteiger charge is 2.36. The van der Waals surface area contributed by atoms with Crippen molar-refractivity contribution in [2.45, 2.75) is 38.3 Å². The normalized spacial score (nSPS) is 26.5. The maximum atomic E-state index is 11.5. The van der Waals surface area contributed by atoms with Crippen molar-refractivity contribution in [3.05, 3.63) is 0 Å². The van der Waals surface area contributed by atoms with Gasteiger partial charge in [-0.2, -0.15) is 0 Å². The van der Waals surface area contributed by atoms with E-state index in [1.807, 2.05) is 0 Å². The molecule has 14 heavy (non-hydrogen) atoms. The lowest BCUT2D eigenvalue weighted by Crippen LogP contribution is -2.56. The molecule has 80 valence electrons. The van der Waals surface area contributed by atoms with E-state index in [0.29, 0.717) is 12.8 Å². The summed E-state index contributed by atoms with van der Waals surface area (Å²) in [7, 11) is 0. The van der Waals surface area contributed by atoms with Gasteiger partial charge in [0.25, 0.3) is 0 Å². The lowest BCUT2D eigenvalue weighted by Gasteiger charge is -2.33. The number of nitrogens with one attached hydrogen (secondary N) is 1. The van der Waals surface area contributed by atoms with E-state index in [9.17, 15) is 9.59 Å². The van der Waals surface area contributed by atoms with Crippen LogP contribution in [-0.4, -0.2) is 23.4 Å². The van der Waals surface area contributed by atoms with Crippen molar-refractivity contribution in [2.75, 3.05) is 0 Å². The quantitative estimate of drug-likeness (QED) is 0.549. The van der Waals surface area contributed by atoms with Crippen LogP contribution in [0.2, 0.25) is 0 Å². The van der Waals surface area contributed by atoms with Crippen molar-refractivity contribution >= 4 is 11.8 Å². The second kappa shape index (κ2) is 3.57. The zero-order valence-electron chi connectivity index (χ0n) is 8.54. The van der Waals surface area contributed by atoms with E-state index >= 15 is 0 Å². The average Bonchev–Trinajstić information content (AvgIpc) is 1.97. The van der Waals surface area contributed by atoms with Gasteiger partial charge in [-0.05, 0) is 26.7 Å². The molecule has 0 spiro atoms. The highest BCUT2D eigenvalue weighted by molar-refractivity contribution is 5.90. The second-order valence-electron chi connectivity index (χ2n) is 4.41. The summed E-state index contributed by atoms with van der Waals surface area (Å²) in [5.74, 6) is -0.714. The van der Waals surface area contributed by atoms with Gasteiger partial charge in [-0.1, -0.05) is 0 Å². The minimum absolute atomic E-state index is 0.0522. The molecule has 1 rings (SSSR count). The molecule has 0 radical (unpaired) electrons. The first-order valence-corrected chi connectivity index (χ1v) is 4.70. The van der Waals surface area contributed by atoms with Crippen molar-refractivity contribution in [3.63, 3.8) is 0 Å². The van der Waals surface area contributed by atoms with Crippen LogP contribution in [0.5, 0.6) is 0 Å². The number of hydrogen-bond acceptors (Lipinski definition) is 3. The van der Waals surface area contributed by atoms with Crippen LogP contribution in [0.1, 0.15) is 26.7 Å². The predicted molar refractivity (Wildman–Crippen MR) is 52.1 cm³/mol. The predicted octanol–water partition coefficient (Wildman–Crippen LogP) is -0.896. The van der Waals surface area contributed by atoms with Gasteiger partial charge in [-0.15, -0.1) is 0 Å². The first-order valence-electron chi connectivity index (χ1n) is 4.70. The topological polar surface area (TPSA) is 98.2 Å². The molecule has 0 atom stereocenters. The number of amides is 2. The van der Waals surface area contributed by atoms with Gasteiger partial charge in [0.05, 0.1) is 0 Å². The van der Waals surface area contributed by atoms with Gasteiger partial charge >= 0.3 is 0 Å². The van der Waals surface area contributed by atoms with E-state index in [4.69, 9.17) is 11.5 Å². The summed E-state index contributed by atoms with van der Waals surface area (Å²) in [4.78, 5) is 22.4. The molecule has 0 unspecified atom stereocenters. The molecule has 5 nitrogen and oxygen atoms in total. The molecular weight excluding hydrogens is 182 g/mol. The molecule has 0 heterocycles. The number of rotatable bonds is 3.